The van der Waals surface area contributed by atoms with E-state index in [2.05, 4.69) is 18.7 Å². The molecule has 132 valence electrons. The van der Waals surface area contributed by atoms with Crippen LogP contribution in [0.5, 0.6) is 11.5 Å². The largest absolute Gasteiger partial charge is 0.507 e. The lowest BCUT2D eigenvalue weighted by Gasteiger charge is -2.36. The Balaban J connectivity index is 1.83. The van der Waals surface area contributed by atoms with Gasteiger partial charge in [-0.1, -0.05) is 20.3 Å². The highest BCUT2D eigenvalue weighted by atomic mass is 16.5. The number of hydrogen-bond acceptors (Lipinski definition) is 4. The van der Waals surface area contributed by atoms with Crippen molar-refractivity contribution in [1.82, 2.24) is 0 Å². The summed E-state index contributed by atoms with van der Waals surface area (Å²) in [6.45, 7) is 8.44. The number of ketones is 1. The predicted octanol–water partition coefficient (Wildman–Crippen LogP) is 4.54. The molecule has 2 aliphatic rings. The standard InChI is InChI=1S/C20H29NO3/c1-14(2)7-6-8-20(3)13-17(23)19-16(22)11-15(12-18(19)24-20)21-9-4-5-10-21/h11-12,14,22H,4-10,13H2,1-3H3. The van der Waals surface area contributed by atoms with Crippen LogP contribution < -0.4 is 9.64 Å². The molecule has 1 atom stereocenters. The molecule has 0 bridgehead atoms. The molecule has 0 aliphatic carbocycles. The number of anilines is 1. The van der Waals surface area contributed by atoms with Gasteiger partial charge in [0.05, 0.1) is 6.42 Å². The lowest BCUT2D eigenvalue weighted by atomic mass is 9.86. The Labute approximate surface area is 144 Å². The highest BCUT2D eigenvalue weighted by molar-refractivity contribution is 6.03. The number of carbonyl (C=O) groups excluding carboxylic acids is 1. The summed E-state index contributed by atoms with van der Waals surface area (Å²) in [6.07, 6.45) is 5.74. The average Bonchev–Trinajstić information content (AvgIpc) is 2.99. The molecule has 1 saturated heterocycles. The fourth-order valence-electron chi connectivity index (χ4n) is 3.86. The quantitative estimate of drug-likeness (QED) is 0.860. The zero-order valence-electron chi connectivity index (χ0n) is 15.1. The van der Waals surface area contributed by atoms with Crippen molar-refractivity contribution in [3.8, 4) is 11.5 Å². The topological polar surface area (TPSA) is 49.8 Å². The number of aromatic hydroxyl groups is 1. The fraction of sp³-hybridized carbons (Fsp3) is 0.650. The van der Waals surface area contributed by atoms with Gasteiger partial charge < -0.3 is 14.7 Å². The van der Waals surface area contributed by atoms with Crippen LogP contribution in [0.4, 0.5) is 5.69 Å². The summed E-state index contributed by atoms with van der Waals surface area (Å²) in [5, 5.41) is 10.4. The summed E-state index contributed by atoms with van der Waals surface area (Å²) in [7, 11) is 0. The van der Waals surface area contributed by atoms with Crippen molar-refractivity contribution in [3.05, 3.63) is 17.7 Å². The summed E-state index contributed by atoms with van der Waals surface area (Å²) < 4.78 is 6.25. The highest BCUT2D eigenvalue weighted by Crippen LogP contribution is 2.43. The molecule has 1 aromatic rings. The Hall–Kier alpha value is -1.71. The van der Waals surface area contributed by atoms with Crippen molar-refractivity contribution < 1.29 is 14.6 Å². The zero-order valence-corrected chi connectivity index (χ0v) is 15.1. The van der Waals surface area contributed by atoms with Crippen molar-refractivity contribution in [2.45, 2.75) is 64.9 Å². The van der Waals surface area contributed by atoms with E-state index in [1.807, 2.05) is 13.0 Å². The monoisotopic (exact) mass is 331 g/mol. The Kier molecular flexibility index (Phi) is 4.75. The molecule has 0 amide bonds. The van der Waals surface area contributed by atoms with Crippen LogP contribution in [0.1, 0.15) is 69.7 Å². The number of nitrogens with zero attached hydrogens (tertiary/aromatic N) is 1. The molecule has 2 heterocycles. The molecule has 4 nitrogen and oxygen atoms in total. The maximum absolute atomic E-state index is 12.6. The van der Waals surface area contributed by atoms with Crippen LogP contribution in [0.15, 0.2) is 12.1 Å². The van der Waals surface area contributed by atoms with E-state index in [0.29, 0.717) is 23.7 Å². The van der Waals surface area contributed by atoms with Crippen molar-refractivity contribution >= 4 is 11.5 Å². The van der Waals surface area contributed by atoms with E-state index in [4.69, 9.17) is 4.74 Å². The Bertz CT molecular complexity index is 620. The second kappa shape index (κ2) is 6.66. The number of carbonyl (C=O) groups is 1. The van der Waals surface area contributed by atoms with Gasteiger partial charge in [0.1, 0.15) is 22.7 Å². The second-order valence-corrected chi connectivity index (χ2v) is 7.97. The van der Waals surface area contributed by atoms with Crippen LogP contribution in [-0.2, 0) is 0 Å². The van der Waals surface area contributed by atoms with Crippen LogP contribution in [0.3, 0.4) is 0 Å². The second-order valence-electron chi connectivity index (χ2n) is 7.97. The smallest absolute Gasteiger partial charge is 0.174 e. The van der Waals surface area contributed by atoms with Gasteiger partial charge in [-0.25, -0.2) is 0 Å². The molecular formula is C20H29NO3. The number of benzene rings is 1. The molecule has 1 unspecified atom stereocenters. The summed E-state index contributed by atoms with van der Waals surface area (Å²) in [5.74, 6) is 1.27. The molecule has 1 N–H and O–H groups in total. The van der Waals surface area contributed by atoms with Gasteiger partial charge in [-0.3, -0.25) is 4.79 Å². The fourth-order valence-corrected chi connectivity index (χ4v) is 3.86. The summed E-state index contributed by atoms with van der Waals surface area (Å²) in [4.78, 5) is 14.8. The highest BCUT2D eigenvalue weighted by Gasteiger charge is 2.38. The van der Waals surface area contributed by atoms with E-state index in [0.717, 1.165) is 38.0 Å². The van der Waals surface area contributed by atoms with Gasteiger partial charge in [-0.05, 0) is 38.5 Å². The Morgan fingerprint density at radius 1 is 1.29 bits per heavy atom. The third kappa shape index (κ3) is 3.52. The lowest BCUT2D eigenvalue weighted by Crippen LogP contribution is -2.39. The van der Waals surface area contributed by atoms with Crippen LogP contribution in [-0.4, -0.2) is 29.6 Å². The Morgan fingerprint density at radius 3 is 2.67 bits per heavy atom. The molecule has 3 rings (SSSR count). The van der Waals surface area contributed by atoms with Gasteiger partial charge in [0.15, 0.2) is 5.78 Å². The minimum Gasteiger partial charge on any atom is -0.507 e. The molecule has 0 saturated carbocycles. The van der Waals surface area contributed by atoms with Crippen LogP contribution in [0.25, 0.3) is 0 Å². The first-order valence-electron chi connectivity index (χ1n) is 9.22. The molecule has 4 heteroatoms. The first-order valence-corrected chi connectivity index (χ1v) is 9.22. The van der Waals surface area contributed by atoms with Crippen molar-refractivity contribution in [3.63, 3.8) is 0 Å². The number of phenolic OH excluding ortho intramolecular Hbond substituents is 1. The van der Waals surface area contributed by atoms with Crippen LogP contribution in [0, 0.1) is 5.92 Å². The first-order chi connectivity index (χ1) is 11.4. The zero-order chi connectivity index (χ0) is 17.3. The van der Waals surface area contributed by atoms with E-state index < -0.39 is 5.60 Å². The summed E-state index contributed by atoms with van der Waals surface area (Å²) in [6, 6.07) is 3.66. The maximum Gasteiger partial charge on any atom is 0.174 e. The maximum atomic E-state index is 12.6. The molecule has 1 fully saturated rings. The molecule has 0 aromatic heterocycles. The van der Waals surface area contributed by atoms with Gasteiger partial charge in [-0.2, -0.15) is 0 Å². The van der Waals surface area contributed by atoms with Crippen LogP contribution >= 0.6 is 0 Å². The third-order valence-electron chi connectivity index (χ3n) is 5.19. The first kappa shape index (κ1) is 17.1. The van der Waals surface area contributed by atoms with Gasteiger partial charge >= 0.3 is 0 Å². The molecule has 24 heavy (non-hydrogen) atoms. The summed E-state index contributed by atoms with van der Waals surface area (Å²) in [5.41, 5.74) is 0.858. The SMILES string of the molecule is CC(C)CCCC1(C)CC(=O)c2c(O)cc(N3CCCC3)cc2O1. The van der Waals surface area contributed by atoms with Gasteiger partial charge in [0.2, 0.25) is 0 Å². The molecule has 1 aromatic carbocycles. The lowest BCUT2D eigenvalue weighted by molar-refractivity contribution is 0.0444. The van der Waals surface area contributed by atoms with E-state index in [9.17, 15) is 9.90 Å². The molecule has 2 aliphatic heterocycles. The predicted molar refractivity (Wildman–Crippen MR) is 96.2 cm³/mol. The van der Waals surface area contributed by atoms with E-state index in [1.165, 1.54) is 12.8 Å². The van der Waals surface area contributed by atoms with E-state index in [1.54, 1.807) is 6.07 Å². The summed E-state index contributed by atoms with van der Waals surface area (Å²) >= 11 is 0. The van der Waals surface area contributed by atoms with Gasteiger partial charge in [0.25, 0.3) is 0 Å². The number of hydrogen-bond donors (Lipinski definition) is 1. The van der Waals surface area contributed by atoms with Gasteiger partial charge in [0, 0.05) is 30.9 Å². The van der Waals surface area contributed by atoms with Crippen molar-refractivity contribution in [2.75, 3.05) is 18.0 Å². The third-order valence-corrected chi connectivity index (χ3v) is 5.19. The number of rotatable bonds is 5. The number of fused-ring (bicyclic) bond motifs is 1. The van der Waals surface area contributed by atoms with Crippen molar-refractivity contribution in [1.29, 1.82) is 0 Å². The minimum absolute atomic E-state index is 0.00577. The molecule has 0 radical (unpaired) electrons. The average molecular weight is 331 g/mol. The van der Waals surface area contributed by atoms with Crippen LogP contribution in [0.2, 0.25) is 0 Å². The van der Waals surface area contributed by atoms with Gasteiger partial charge in [-0.15, -0.1) is 0 Å². The normalized spacial score (nSPS) is 23.5. The molecule has 0 spiro atoms. The molecular weight excluding hydrogens is 302 g/mol. The van der Waals surface area contributed by atoms with E-state index in [-0.39, 0.29) is 11.5 Å². The number of Topliss-reactive ketones (excluding diaryl/α,β-unsaturated/α-hetero) is 1. The number of ether oxygens (including phenoxy) is 1. The van der Waals surface area contributed by atoms with E-state index >= 15 is 0 Å². The number of phenols is 1. The van der Waals surface area contributed by atoms with Crippen molar-refractivity contribution in [2.24, 2.45) is 5.92 Å². The minimum atomic E-state index is -0.463. The Morgan fingerprint density at radius 2 is 2.00 bits per heavy atom.